The molecule has 1 atom stereocenters. The highest BCUT2D eigenvalue weighted by Gasteiger charge is 2.30. The van der Waals surface area contributed by atoms with E-state index in [-0.39, 0.29) is 23.9 Å². The summed E-state index contributed by atoms with van der Waals surface area (Å²) in [5.41, 5.74) is 0. The van der Waals surface area contributed by atoms with Crippen molar-refractivity contribution in [3.8, 4) is 0 Å². The molecule has 0 aliphatic carbocycles. The van der Waals surface area contributed by atoms with Gasteiger partial charge in [0.15, 0.2) is 0 Å². The van der Waals surface area contributed by atoms with Gasteiger partial charge in [0.05, 0.1) is 19.3 Å². The number of esters is 1. The molecule has 0 aromatic heterocycles. The van der Waals surface area contributed by atoms with Gasteiger partial charge in [0.25, 0.3) is 5.24 Å². The summed E-state index contributed by atoms with van der Waals surface area (Å²) in [5, 5.41) is 9.20. The predicted octanol–water partition coefficient (Wildman–Crippen LogP) is 1.59. The van der Waals surface area contributed by atoms with Crippen molar-refractivity contribution in [2.24, 2.45) is 0 Å². The minimum atomic E-state index is -0.144. The molecule has 1 unspecified atom stereocenters. The highest BCUT2D eigenvalue weighted by Crippen LogP contribution is 2.23. The van der Waals surface area contributed by atoms with Crippen LogP contribution in [0.4, 0.5) is 4.79 Å². The Labute approximate surface area is 122 Å². The van der Waals surface area contributed by atoms with Gasteiger partial charge in [0.2, 0.25) is 0 Å². The molecule has 1 fully saturated rings. The van der Waals surface area contributed by atoms with Crippen molar-refractivity contribution in [1.29, 1.82) is 0 Å². The van der Waals surface area contributed by atoms with E-state index in [0.29, 0.717) is 25.3 Å². The molecule has 1 heterocycles. The van der Waals surface area contributed by atoms with Crippen LogP contribution in [0.1, 0.15) is 19.8 Å². The maximum atomic E-state index is 11.5. The number of nitrogens with zero attached hydrogens (tertiary/aromatic N) is 1. The van der Waals surface area contributed by atoms with Crippen LogP contribution in [0.2, 0.25) is 0 Å². The van der Waals surface area contributed by atoms with E-state index in [2.05, 4.69) is 0 Å². The Kier molecular flexibility index (Phi) is 8.32. The molecule has 7 heteroatoms. The van der Waals surface area contributed by atoms with Crippen LogP contribution in [0.3, 0.4) is 0 Å². The zero-order valence-corrected chi connectivity index (χ0v) is 12.8. The summed E-state index contributed by atoms with van der Waals surface area (Å²) in [7, 11) is 0. The molecule has 110 valence electrons. The molecule has 1 saturated heterocycles. The smallest absolute Gasteiger partial charge is 0.305 e. The second-order valence-electron chi connectivity index (χ2n) is 4.13. The summed E-state index contributed by atoms with van der Waals surface area (Å²) in [4.78, 5) is 24.4. The van der Waals surface area contributed by atoms with Crippen molar-refractivity contribution in [3.63, 3.8) is 0 Å². The minimum Gasteiger partial charge on any atom is -0.466 e. The molecule has 1 rings (SSSR count). The number of hydrogen-bond acceptors (Lipinski definition) is 6. The predicted molar refractivity (Wildman–Crippen MR) is 78.6 cm³/mol. The van der Waals surface area contributed by atoms with Crippen LogP contribution in [-0.4, -0.2) is 64.3 Å². The summed E-state index contributed by atoms with van der Waals surface area (Å²) < 4.78 is 4.84. The molecule has 1 aliphatic rings. The van der Waals surface area contributed by atoms with Gasteiger partial charge < -0.3 is 14.7 Å². The number of rotatable bonds is 9. The number of ether oxygens (including phenoxy) is 1. The third-order valence-corrected chi connectivity index (χ3v) is 4.82. The maximum absolute atomic E-state index is 11.5. The lowest BCUT2D eigenvalue weighted by Gasteiger charge is -2.21. The largest absolute Gasteiger partial charge is 0.466 e. The van der Waals surface area contributed by atoms with Gasteiger partial charge in [-0.15, -0.1) is 0 Å². The molecule has 0 aromatic carbocycles. The van der Waals surface area contributed by atoms with Crippen molar-refractivity contribution >= 4 is 34.7 Å². The Morgan fingerprint density at radius 1 is 1.58 bits per heavy atom. The van der Waals surface area contributed by atoms with Gasteiger partial charge in [-0.3, -0.25) is 9.59 Å². The van der Waals surface area contributed by atoms with Crippen molar-refractivity contribution in [3.05, 3.63) is 0 Å². The fourth-order valence-electron chi connectivity index (χ4n) is 1.73. The van der Waals surface area contributed by atoms with Gasteiger partial charge in [-0.25, -0.2) is 0 Å². The van der Waals surface area contributed by atoms with Crippen LogP contribution in [0, 0.1) is 0 Å². The summed E-state index contributed by atoms with van der Waals surface area (Å²) in [6.07, 6.45) is 1.26. The molecular weight excluding hydrogens is 286 g/mol. The number of hydrogen-bond donors (Lipinski definition) is 1. The number of thioether (sulfide) groups is 2. The molecule has 0 radical (unpaired) electrons. The van der Waals surface area contributed by atoms with Crippen LogP contribution < -0.4 is 0 Å². The first-order valence-electron chi connectivity index (χ1n) is 6.46. The SMILES string of the molecule is CCOC(=O)CCCSCCN1C(=O)SCC1CO. The Balaban J connectivity index is 2.04. The first-order chi connectivity index (χ1) is 9.19. The molecule has 0 bridgehead atoms. The van der Waals surface area contributed by atoms with E-state index in [4.69, 9.17) is 9.84 Å². The first kappa shape index (κ1) is 16.7. The lowest BCUT2D eigenvalue weighted by Crippen LogP contribution is -2.37. The minimum absolute atomic E-state index is 0.0300. The average Bonchev–Trinajstić information content (AvgIpc) is 2.75. The van der Waals surface area contributed by atoms with Crippen LogP contribution >= 0.6 is 23.5 Å². The standard InChI is InChI=1S/C12H21NO4S2/c1-2-17-11(15)4-3-6-18-7-5-13-10(8-14)9-19-12(13)16/h10,14H,2-9H2,1H3. The molecule has 1 aliphatic heterocycles. The lowest BCUT2D eigenvalue weighted by molar-refractivity contribution is -0.143. The number of carbonyl (C=O) groups is 2. The summed E-state index contributed by atoms with van der Waals surface area (Å²) >= 11 is 2.99. The van der Waals surface area contributed by atoms with Crippen molar-refractivity contribution in [2.75, 3.05) is 37.0 Å². The zero-order valence-electron chi connectivity index (χ0n) is 11.2. The fourth-order valence-corrected chi connectivity index (χ4v) is 3.64. The maximum Gasteiger partial charge on any atom is 0.305 e. The monoisotopic (exact) mass is 307 g/mol. The molecule has 0 saturated carbocycles. The van der Waals surface area contributed by atoms with E-state index in [9.17, 15) is 9.59 Å². The molecule has 1 amide bonds. The van der Waals surface area contributed by atoms with Gasteiger partial charge in [-0.2, -0.15) is 11.8 Å². The van der Waals surface area contributed by atoms with Gasteiger partial charge in [-0.05, 0) is 19.1 Å². The number of aliphatic hydroxyl groups excluding tert-OH is 1. The van der Waals surface area contributed by atoms with E-state index in [1.165, 1.54) is 11.8 Å². The second-order valence-corrected chi connectivity index (χ2v) is 6.32. The van der Waals surface area contributed by atoms with E-state index < -0.39 is 0 Å². The average molecular weight is 307 g/mol. The van der Waals surface area contributed by atoms with Crippen molar-refractivity contribution in [1.82, 2.24) is 4.90 Å². The number of aliphatic hydroxyl groups is 1. The van der Waals surface area contributed by atoms with Gasteiger partial charge >= 0.3 is 5.97 Å². The number of carbonyl (C=O) groups excluding carboxylic acids is 2. The van der Waals surface area contributed by atoms with Crippen LogP contribution in [-0.2, 0) is 9.53 Å². The quantitative estimate of drug-likeness (QED) is 0.515. The molecule has 5 nitrogen and oxygen atoms in total. The Hall–Kier alpha value is -0.400. The lowest BCUT2D eigenvalue weighted by atomic mass is 10.3. The highest BCUT2D eigenvalue weighted by molar-refractivity contribution is 8.13. The van der Waals surface area contributed by atoms with E-state index in [1.54, 1.807) is 23.6 Å². The molecule has 1 N–H and O–H groups in total. The Bertz CT molecular complexity index is 301. The molecule has 0 aromatic rings. The van der Waals surface area contributed by atoms with Crippen molar-refractivity contribution in [2.45, 2.75) is 25.8 Å². The van der Waals surface area contributed by atoms with Crippen molar-refractivity contribution < 1.29 is 19.4 Å². The summed E-state index contributed by atoms with van der Waals surface area (Å²) in [5.74, 6) is 2.27. The fraction of sp³-hybridized carbons (Fsp3) is 0.833. The number of amides is 1. The van der Waals surface area contributed by atoms with E-state index >= 15 is 0 Å². The van der Waals surface area contributed by atoms with E-state index in [1.807, 2.05) is 0 Å². The van der Waals surface area contributed by atoms with Gasteiger partial charge in [0, 0.05) is 24.5 Å². The normalized spacial score (nSPS) is 18.9. The molecule has 19 heavy (non-hydrogen) atoms. The van der Waals surface area contributed by atoms with Crippen LogP contribution in [0.5, 0.6) is 0 Å². The molecule has 0 spiro atoms. The summed E-state index contributed by atoms with van der Waals surface area (Å²) in [6, 6.07) is -0.0300. The Morgan fingerprint density at radius 2 is 2.37 bits per heavy atom. The highest BCUT2D eigenvalue weighted by atomic mass is 32.2. The topological polar surface area (TPSA) is 66.8 Å². The van der Waals surface area contributed by atoms with Gasteiger partial charge in [0.1, 0.15) is 0 Å². The van der Waals surface area contributed by atoms with Gasteiger partial charge in [-0.1, -0.05) is 11.8 Å². The Morgan fingerprint density at radius 3 is 3.05 bits per heavy atom. The molecular formula is C12H21NO4S2. The third kappa shape index (κ3) is 6.05. The van der Waals surface area contributed by atoms with E-state index in [0.717, 1.165) is 17.9 Å². The third-order valence-electron chi connectivity index (χ3n) is 2.74. The van der Waals surface area contributed by atoms with Crippen LogP contribution in [0.25, 0.3) is 0 Å². The zero-order chi connectivity index (χ0) is 14.1. The summed E-state index contributed by atoms with van der Waals surface area (Å²) in [6.45, 7) is 2.94. The first-order valence-corrected chi connectivity index (χ1v) is 8.60. The van der Waals surface area contributed by atoms with Crippen LogP contribution in [0.15, 0.2) is 0 Å². The second kappa shape index (κ2) is 9.50.